The Bertz CT molecular complexity index is 667. The first-order chi connectivity index (χ1) is 11.0. The molecule has 1 aliphatic heterocycles. The highest BCUT2D eigenvalue weighted by atomic mass is 16.7. The maximum atomic E-state index is 12.4. The van der Waals surface area contributed by atoms with Crippen molar-refractivity contribution in [3.8, 4) is 11.5 Å². The Balaban J connectivity index is 1.64. The Hall–Kier alpha value is -2.50. The van der Waals surface area contributed by atoms with Crippen LogP contribution < -0.4 is 19.9 Å². The van der Waals surface area contributed by atoms with E-state index in [1.54, 1.807) is 6.07 Å². The number of fused-ring (bicyclic) bond motifs is 1. The van der Waals surface area contributed by atoms with Crippen LogP contribution in [0.1, 0.15) is 25.3 Å². The molecule has 1 aromatic rings. The summed E-state index contributed by atoms with van der Waals surface area (Å²) in [6, 6.07) is 5.45. The summed E-state index contributed by atoms with van der Waals surface area (Å²) < 4.78 is 10.5. The lowest BCUT2D eigenvalue weighted by Gasteiger charge is -2.30. The Morgan fingerprint density at radius 3 is 2.83 bits per heavy atom. The predicted molar refractivity (Wildman–Crippen MR) is 79.4 cm³/mol. The molecular formula is C17H18NO5-. The molecule has 6 nitrogen and oxygen atoms in total. The van der Waals surface area contributed by atoms with Gasteiger partial charge in [-0.2, -0.15) is 0 Å². The summed E-state index contributed by atoms with van der Waals surface area (Å²) in [6.45, 7) is 2.42. The number of aliphatic carboxylic acids is 1. The first kappa shape index (κ1) is 15.4. The predicted octanol–water partition coefficient (Wildman–Crippen LogP) is 0.754. The number of benzene rings is 1. The van der Waals surface area contributed by atoms with Crippen LogP contribution in [-0.2, 0) is 16.1 Å². The van der Waals surface area contributed by atoms with E-state index in [9.17, 15) is 14.7 Å². The lowest BCUT2D eigenvalue weighted by Crippen LogP contribution is -2.44. The number of allylic oxidation sites excluding steroid dienone is 2. The number of rotatable bonds is 4. The van der Waals surface area contributed by atoms with E-state index in [1.165, 1.54) is 0 Å². The zero-order chi connectivity index (χ0) is 16.4. The summed E-state index contributed by atoms with van der Waals surface area (Å²) in [5.41, 5.74) is 1.90. The third-order valence-electron chi connectivity index (χ3n) is 4.29. The Labute approximate surface area is 134 Å². The van der Waals surface area contributed by atoms with Gasteiger partial charge in [0.1, 0.15) is 0 Å². The van der Waals surface area contributed by atoms with Crippen LogP contribution >= 0.6 is 0 Å². The number of carbonyl (C=O) groups is 2. The van der Waals surface area contributed by atoms with Gasteiger partial charge in [0.15, 0.2) is 11.5 Å². The molecule has 0 fully saturated rings. The minimum atomic E-state index is -1.17. The Kier molecular flexibility index (Phi) is 4.23. The molecule has 1 aromatic carbocycles. The minimum absolute atomic E-state index is 0.201. The van der Waals surface area contributed by atoms with Crippen LogP contribution in [0.15, 0.2) is 29.8 Å². The zero-order valence-electron chi connectivity index (χ0n) is 12.8. The van der Waals surface area contributed by atoms with Crippen molar-refractivity contribution in [2.24, 2.45) is 11.8 Å². The largest absolute Gasteiger partial charge is 0.550 e. The molecule has 2 aliphatic rings. The molecule has 0 radical (unpaired) electrons. The fraction of sp³-hybridized carbons (Fsp3) is 0.412. The van der Waals surface area contributed by atoms with Crippen LogP contribution in [0.2, 0.25) is 0 Å². The number of carbonyl (C=O) groups excluding carboxylic acids is 2. The van der Waals surface area contributed by atoms with E-state index in [4.69, 9.17) is 9.47 Å². The van der Waals surface area contributed by atoms with Crippen LogP contribution in [0.4, 0.5) is 0 Å². The molecule has 0 aromatic heterocycles. The molecule has 2 atom stereocenters. The number of carboxylic acid groups (broad SMARTS) is 1. The van der Waals surface area contributed by atoms with Gasteiger partial charge in [-0.3, -0.25) is 4.79 Å². The van der Waals surface area contributed by atoms with Crippen LogP contribution in [0.3, 0.4) is 0 Å². The van der Waals surface area contributed by atoms with Crippen molar-refractivity contribution < 1.29 is 24.2 Å². The lowest BCUT2D eigenvalue weighted by atomic mass is 9.79. The van der Waals surface area contributed by atoms with Crippen molar-refractivity contribution in [2.75, 3.05) is 6.79 Å². The summed E-state index contributed by atoms with van der Waals surface area (Å²) in [5.74, 6) is -1.44. The van der Waals surface area contributed by atoms with Crippen LogP contribution in [-0.4, -0.2) is 18.7 Å². The van der Waals surface area contributed by atoms with Gasteiger partial charge in [-0.15, -0.1) is 0 Å². The number of carboxylic acids is 1. The summed E-state index contributed by atoms with van der Waals surface area (Å²) in [7, 11) is 0. The molecule has 0 spiro atoms. The summed E-state index contributed by atoms with van der Waals surface area (Å²) in [5, 5.41) is 14.0. The van der Waals surface area contributed by atoms with E-state index in [1.807, 2.05) is 25.1 Å². The monoisotopic (exact) mass is 316 g/mol. The maximum Gasteiger partial charge on any atom is 0.231 e. The SMILES string of the molecule is CC1=CC[C@@H](C(=O)[O-])[C@@H](C(=O)NCc2ccc3c(c2)OCO3)C1. The summed E-state index contributed by atoms with van der Waals surface area (Å²) in [4.78, 5) is 23.6. The molecule has 1 N–H and O–H groups in total. The van der Waals surface area contributed by atoms with Gasteiger partial charge >= 0.3 is 0 Å². The average molecular weight is 316 g/mol. The third kappa shape index (κ3) is 3.31. The molecule has 0 unspecified atom stereocenters. The van der Waals surface area contributed by atoms with Crippen LogP contribution in [0.25, 0.3) is 0 Å². The fourth-order valence-corrected chi connectivity index (χ4v) is 2.97. The highest BCUT2D eigenvalue weighted by molar-refractivity contribution is 5.84. The highest BCUT2D eigenvalue weighted by Crippen LogP contribution is 2.33. The zero-order valence-corrected chi connectivity index (χ0v) is 12.8. The maximum absolute atomic E-state index is 12.4. The van der Waals surface area contributed by atoms with Gasteiger partial charge in [0.25, 0.3) is 0 Å². The van der Waals surface area contributed by atoms with Crippen LogP contribution in [0, 0.1) is 11.8 Å². The van der Waals surface area contributed by atoms with Crippen molar-refractivity contribution in [1.82, 2.24) is 5.32 Å². The van der Waals surface area contributed by atoms with Crippen molar-refractivity contribution in [3.63, 3.8) is 0 Å². The van der Waals surface area contributed by atoms with Gasteiger partial charge in [-0.25, -0.2) is 0 Å². The standard InChI is InChI=1S/C17H19NO5/c1-10-2-4-12(17(20)21)13(6-10)16(19)18-8-11-3-5-14-15(7-11)23-9-22-14/h2-3,5,7,12-13H,4,6,8-9H2,1H3,(H,18,19)(H,20,21)/p-1/t12-,13+/m1/s1. The lowest BCUT2D eigenvalue weighted by molar-refractivity contribution is -0.313. The van der Waals surface area contributed by atoms with Crippen LogP contribution in [0.5, 0.6) is 11.5 Å². The topological polar surface area (TPSA) is 87.7 Å². The van der Waals surface area contributed by atoms with Gasteiger partial charge in [0, 0.05) is 24.3 Å². The number of hydrogen-bond donors (Lipinski definition) is 1. The minimum Gasteiger partial charge on any atom is -0.550 e. The van der Waals surface area contributed by atoms with Crippen molar-refractivity contribution in [2.45, 2.75) is 26.3 Å². The smallest absolute Gasteiger partial charge is 0.231 e. The summed E-state index contributed by atoms with van der Waals surface area (Å²) in [6.07, 6.45) is 2.66. The molecule has 1 aliphatic carbocycles. The normalized spacial score (nSPS) is 22.4. The first-order valence-electron chi connectivity index (χ1n) is 7.57. The molecule has 0 saturated heterocycles. The summed E-state index contributed by atoms with van der Waals surface area (Å²) >= 11 is 0. The molecular weight excluding hydrogens is 298 g/mol. The molecule has 1 heterocycles. The second-order valence-corrected chi connectivity index (χ2v) is 5.93. The van der Waals surface area contributed by atoms with Gasteiger partial charge in [-0.1, -0.05) is 17.7 Å². The van der Waals surface area contributed by atoms with E-state index in [-0.39, 0.29) is 12.7 Å². The van der Waals surface area contributed by atoms with Gasteiger partial charge in [0.2, 0.25) is 12.7 Å². The van der Waals surface area contributed by atoms with E-state index in [0.29, 0.717) is 30.9 Å². The molecule has 23 heavy (non-hydrogen) atoms. The van der Waals surface area contributed by atoms with Crippen molar-refractivity contribution in [1.29, 1.82) is 0 Å². The van der Waals surface area contributed by atoms with Crippen molar-refractivity contribution in [3.05, 3.63) is 35.4 Å². The molecule has 1 amide bonds. The van der Waals surface area contributed by atoms with Gasteiger partial charge in [0.05, 0.1) is 0 Å². The Morgan fingerprint density at radius 1 is 1.26 bits per heavy atom. The van der Waals surface area contributed by atoms with Crippen molar-refractivity contribution >= 4 is 11.9 Å². The first-order valence-corrected chi connectivity index (χ1v) is 7.57. The number of nitrogens with one attached hydrogen (secondary N) is 1. The molecule has 6 heteroatoms. The number of ether oxygens (including phenoxy) is 2. The fourth-order valence-electron chi connectivity index (χ4n) is 2.97. The highest BCUT2D eigenvalue weighted by Gasteiger charge is 2.31. The molecule has 0 bridgehead atoms. The second-order valence-electron chi connectivity index (χ2n) is 5.93. The van der Waals surface area contributed by atoms with E-state index in [2.05, 4.69) is 5.32 Å². The number of hydrogen-bond acceptors (Lipinski definition) is 5. The number of amides is 1. The van der Waals surface area contributed by atoms with Gasteiger partial charge < -0.3 is 24.7 Å². The quantitative estimate of drug-likeness (QED) is 0.828. The molecule has 3 rings (SSSR count). The van der Waals surface area contributed by atoms with E-state index >= 15 is 0 Å². The van der Waals surface area contributed by atoms with E-state index < -0.39 is 17.8 Å². The second kappa shape index (κ2) is 6.32. The third-order valence-corrected chi connectivity index (χ3v) is 4.29. The average Bonchev–Trinajstić information content (AvgIpc) is 2.99. The molecule has 0 saturated carbocycles. The molecule has 122 valence electrons. The van der Waals surface area contributed by atoms with E-state index in [0.717, 1.165) is 11.1 Å². The van der Waals surface area contributed by atoms with Gasteiger partial charge in [-0.05, 0) is 37.5 Å². The Morgan fingerprint density at radius 2 is 2.04 bits per heavy atom.